The van der Waals surface area contributed by atoms with E-state index < -0.39 is 0 Å². The molecule has 0 bridgehead atoms. The molecule has 0 aliphatic heterocycles. The van der Waals surface area contributed by atoms with Crippen molar-refractivity contribution in [2.45, 2.75) is 13.3 Å². The number of nitrogens with one attached hydrogen (secondary N) is 1. The van der Waals surface area contributed by atoms with E-state index in [1.54, 1.807) is 12.3 Å². The molecular weight excluding hydrogens is 368 g/mol. The first-order valence-electron chi connectivity index (χ1n) is 7.98. The fourth-order valence-electron chi connectivity index (χ4n) is 2.37. The summed E-state index contributed by atoms with van der Waals surface area (Å²) in [4.78, 5) is 18.0. The lowest BCUT2D eigenvalue weighted by Crippen LogP contribution is -2.11. The number of hydrogen-bond donors (Lipinski definition) is 1. The molecule has 3 heterocycles. The summed E-state index contributed by atoms with van der Waals surface area (Å²) in [6.07, 6.45) is 2.37. The standard InChI is InChI=1S/C18H14N4O2S2/c1-2-13-21-22-18(25-13)20-16(23)15-14(11-7-4-3-5-8-11)19-17(26-15)12-9-6-10-24-12/h3-10H,2H2,1H3,(H,20,22,23). The molecular formula is C18H14N4O2S2. The van der Waals surface area contributed by atoms with Crippen LogP contribution in [0.2, 0.25) is 0 Å². The van der Waals surface area contributed by atoms with Gasteiger partial charge in [0, 0.05) is 5.56 Å². The zero-order valence-corrected chi connectivity index (χ0v) is 15.4. The Labute approximate surface area is 157 Å². The molecule has 4 rings (SSSR count). The fourth-order valence-corrected chi connectivity index (χ4v) is 4.00. The summed E-state index contributed by atoms with van der Waals surface area (Å²) in [5.74, 6) is 0.383. The SMILES string of the molecule is CCc1nnc(NC(=O)c2sc(-c3ccco3)nc2-c2ccccc2)s1. The topological polar surface area (TPSA) is 80.9 Å². The summed E-state index contributed by atoms with van der Waals surface area (Å²) in [6, 6.07) is 13.2. The van der Waals surface area contributed by atoms with Crippen LogP contribution in [0.3, 0.4) is 0 Å². The van der Waals surface area contributed by atoms with E-state index in [-0.39, 0.29) is 5.91 Å². The zero-order valence-electron chi connectivity index (χ0n) is 13.8. The third-order valence-electron chi connectivity index (χ3n) is 3.60. The number of rotatable bonds is 5. The van der Waals surface area contributed by atoms with Gasteiger partial charge >= 0.3 is 0 Å². The Morgan fingerprint density at radius 2 is 1.96 bits per heavy atom. The number of hydrogen-bond acceptors (Lipinski definition) is 7. The number of aromatic nitrogens is 3. The van der Waals surface area contributed by atoms with Crippen molar-refractivity contribution in [1.29, 1.82) is 0 Å². The van der Waals surface area contributed by atoms with Crippen LogP contribution in [-0.4, -0.2) is 21.1 Å². The highest BCUT2D eigenvalue weighted by Gasteiger charge is 2.22. The Morgan fingerprint density at radius 1 is 1.12 bits per heavy atom. The average Bonchev–Trinajstić information content (AvgIpc) is 3.41. The van der Waals surface area contributed by atoms with E-state index >= 15 is 0 Å². The average molecular weight is 382 g/mol. The molecule has 0 fully saturated rings. The van der Waals surface area contributed by atoms with Crippen molar-refractivity contribution < 1.29 is 9.21 Å². The molecule has 130 valence electrons. The number of amides is 1. The molecule has 0 radical (unpaired) electrons. The third-order valence-corrected chi connectivity index (χ3v) is 5.65. The van der Waals surface area contributed by atoms with Crippen LogP contribution in [0.1, 0.15) is 21.6 Å². The Morgan fingerprint density at radius 3 is 2.65 bits per heavy atom. The van der Waals surface area contributed by atoms with E-state index in [1.165, 1.54) is 22.7 Å². The largest absolute Gasteiger partial charge is 0.462 e. The zero-order chi connectivity index (χ0) is 17.9. The smallest absolute Gasteiger partial charge is 0.269 e. The summed E-state index contributed by atoms with van der Waals surface area (Å²) >= 11 is 2.67. The van der Waals surface area contributed by atoms with Crippen molar-refractivity contribution >= 4 is 33.7 Å². The quantitative estimate of drug-likeness (QED) is 0.539. The number of furan rings is 1. The van der Waals surface area contributed by atoms with E-state index in [1.807, 2.05) is 43.3 Å². The Hall–Kier alpha value is -2.84. The third kappa shape index (κ3) is 3.29. The number of carbonyl (C=O) groups excluding carboxylic acids is 1. The van der Waals surface area contributed by atoms with Crippen molar-refractivity contribution in [3.63, 3.8) is 0 Å². The van der Waals surface area contributed by atoms with Gasteiger partial charge in [-0.2, -0.15) is 0 Å². The number of aryl methyl sites for hydroxylation is 1. The molecule has 4 aromatic rings. The number of nitrogens with zero attached hydrogens (tertiary/aromatic N) is 3. The van der Waals surface area contributed by atoms with Crippen molar-refractivity contribution in [2.75, 3.05) is 5.32 Å². The van der Waals surface area contributed by atoms with Crippen LogP contribution in [0, 0.1) is 0 Å². The van der Waals surface area contributed by atoms with Gasteiger partial charge in [-0.05, 0) is 18.6 Å². The molecule has 26 heavy (non-hydrogen) atoms. The van der Waals surface area contributed by atoms with Gasteiger partial charge in [-0.25, -0.2) is 4.98 Å². The second kappa shape index (κ2) is 7.19. The minimum atomic E-state index is -0.252. The predicted molar refractivity (Wildman–Crippen MR) is 102 cm³/mol. The van der Waals surface area contributed by atoms with Gasteiger partial charge in [-0.3, -0.25) is 10.1 Å². The van der Waals surface area contributed by atoms with Crippen LogP contribution in [0.25, 0.3) is 22.0 Å². The monoisotopic (exact) mass is 382 g/mol. The van der Waals surface area contributed by atoms with Gasteiger partial charge in [0.15, 0.2) is 10.8 Å². The van der Waals surface area contributed by atoms with Gasteiger partial charge in [0.1, 0.15) is 9.88 Å². The van der Waals surface area contributed by atoms with Gasteiger partial charge in [0.25, 0.3) is 5.91 Å². The van der Waals surface area contributed by atoms with Crippen molar-refractivity contribution in [1.82, 2.24) is 15.2 Å². The molecule has 0 unspecified atom stereocenters. The van der Waals surface area contributed by atoms with Crippen LogP contribution in [0.5, 0.6) is 0 Å². The van der Waals surface area contributed by atoms with Crippen LogP contribution in [0.4, 0.5) is 5.13 Å². The molecule has 0 spiro atoms. The maximum atomic E-state index is 12.9. The van der Waals surface area contributed by atoms with Crippen LogP contribution in [0.15, 0.2) is 53.1 Å². The molecule has 0 saturated carbocycles. The normalized spacial score (nSPS) is 10.8. The molecule has 0 saturated heterocycles. The minimum Gasteiger partial charge on any atom is -0.462 e. The Bertz CT molecular complexity index is 1020. The van der Waals surface area contributed by atoms with Crippen molar-refractivity contribution in [2.24, 2.45) is 0 Å². The van der Waals surface area contributed by atoms with E-state index in [0.717, 1.165) is 17.0 Å². The highest BCUT2D eigenvalue weighted by molar-refractivity contribution is 7.18. The summed E-state index contributed by atoms with van der Waals surface area (Å²) in [5.41, 5.74) is 1.50. The van der Waals surface area contributed by atoms with Crippen LogP contribution < -0.4 is 5.32 Å². The highest BCUT2D eigenvalue weighted by Crippen LogP contribution is 2.34. The molecule has 8 heteroatoms. The van der Waals surface area contributed by atoms with E-state index in [0.29, 0.717) is 26.5 Å². The first-order valence-corrected chi connectivity index (χ1v) is 9.61. The van der Waals surface area contributed by atoms with Gasteiger partial charge in [-0.1, -0.05) is 48.6 Å². The van der Waals surface area contributed by atoms with E-state index in [2.05, 4.69) is 20.5 Å². The van der Waals surface area contributed by atoms with Crippen LogP contribution >= 0.6 is 22.7 Å². The number of carbonyl (C=O) groups is 1. The maximum absolute atomic E-state index is 12.9. The minimum absolute atomic E-state index is 0.252. The summed E-state index contributed by atoms with van der Waals surface area (Å²) in [7, 11) is 0. The number of thiazole rings is 1. The molecule has 3 aromatic heterocycles. The highest BCUT2D eigenvalue weighted by atomic mass is 32.1. The Balaban J connectivity index is 1.72. The second-order valence-corrected chi connectivity index (χ2v) is 7.41. The molecule has 1 aromatic carbocycles. The number of anilines is 1. The summed E-state index contributed by atoms with van der Waals surface area (Å²) in [5, 5.41) is 12.9. The first kappa shape index (κ1) is 16.6. The summed E-state index contributed by atoms with van der Waals surface area (Å²) < 4.78 is 5.44. The van der Waals surface area contributed by atoms with Gasteiger partial charge in [0.05, 0.1) is 12.0 Å². The molecule has 6 nitrogen and oxygen atoms in total. The lowest BCUT2D eigenvalue weighted by molar-refractivity contribution is 0.103. The lowest BCUT2D eigenvalue weighted by Gasteiger charge is -2.02. The molecule has 0 atom stereocenters. The van der Waals surface area contributed by atoms with Gasteiger partial charge in [0.2, 0.25) is 5.13 Å². The van der Waals surface area contributed by atoms with Crippen molar-refractivity contribution in [3.8, 4) is 22.0 Å². The molecule has 0 aliphatic carbocycles. The second-order valence-electron chi connectivity index (χ2n) is 5.35. The molecule has 1 N–H and O–H groups in total. The van der Waals surface area contributed by atoms with E-state index in [9.17, 15) is 4.79 Å². The Kier molecular flexibility index (Phi) is 4.59. The van der Waals surface area contributed by atoms with Gasteiger partial charge < -0.3 is 4.42 Å². The maximum Gasteiger partial charge on any atom is 0.269 e. The van der Waals surface area contributed by atoms with Crippen LogP contribution in [-0.2, 0) is 6.42 Å². The predicted octanol–water partition coefficient (Wildman–Crippen LogP) is 4.74. The molecule has 1 amide bonds. The number of benzene rings is 1. The summed E-state index contributed by atoms with van der Waals surface area (Å²) in [6.45, 7) is 2.00. The fraction of sp³-hybridized carbons (Fsp3) is 0.111. The lowest BCUT2D eigenvalue weighted by atomic mass is 10.1. The van der Waals surface area contributed by atoms with E-state index in [4.69, 9.17) is 4.42 Å². The molecule has 0 aliphatic rings. The van der Waals surface area contributed by atoms with Crippen molar-refractivity contribution in [3.05, 3.63) is 58.6 Å². The first-order chi connectivity index (χ1) is 12.7. The van der Waals surface area contributed by atoms with Gasteiger partial charge in [-0.15, -0.1) is 21.5 Å².